The maximum Gasteiger partial charge on any atom is 0.269 e. The van der Waals surface area contributed by atoms with E-state index in [0.29, 0.717) is 18.7 Å². The quantitative estimate of drug-likeness (QED) is 0.210. The molecule has 1 atom stereocenters. The van der Waals surface area contributed by atoms with E-state index in [1.807, 2.05) is 61.5 Å². The van der Waals surface area contributed by atoms with Crippen molar-refractivity contribution in [3.05, 3.63) is 111 Å². The summed E-state index contributed by atoms with van der Waals surface area (Å²) in [4.78, 5) is 40.0. The van der Waals surface area contributed by atoms with Crippen molar-refractivity contribution in [2.45, 2.75) is 69.8 Å². The predicted octanol–water partition coefficient (Wildman–Crippen LogP) is 6.23. The number of hydrogen-bond donors (Lipinski definition) is 1. The number of amides is 2. The van der Waals surface area contributed by atoms with E-state index < -0.39 is 11.0 Å². The van der Waals surface area contributed by atoms with Gasteiger partial charge in [-0.2, -0.15) is 0 Å². The summed E-state index contributed by atoms with van der Waals surface area (Å²) in [5.41, 5.74) is 4.05. The van der Waals surface area contributed by atoms with Gasteiger partial charge in [-0.05, 0) is 42.0 Å². The van der Waals surface area contributed by atoms with Crippen molar-refractivity contribution >= 4 is 29.3 Å². The standard InChI is InChI=1S/C32H37N3O4S/c1-24-10-8-9-13-27(24)21-34(31(36)23-40-22-26-16-18-29(19-17-26)35(38)39)30(20-25-11-4-2-5-12-25)32(37)33-28-14-6-3-7-15-28/h2,4-5,8-13,16-19,28,30H,3,6-7,14-15,20-23H2,1H3,(H,33,37)/t30-/m0/s1. The van der Waals surface area contributed by atoms with Crippen molar-refractivity contribution in [2.75, 3.05) is 5.75 Å². The van der Waals surface area contributed by atoms with Crippen LogP contribution in [0.1, 0.15) is 54.4 Å². The summed E-state index contributed by atoms with van der Waals surface area (Å²) < 4.78 is 0. The summed E-state index contributed by atoms with van der Waals surface area (Å²) >= 11 is 1.45. The van der Waals surface area contributed by atoms with Crippen molar-refractivity contribution in [1.82, 2.24) is 10.2 Å². The van der Waals surface area contributed by atoms with Crippen LogP contribution >= 0.6 is 11.8 Å². The number of thioether (sulfide) groups is 1. The molecule has 0 aromatic heterocycles. The maximum absolute atomic E-state index is 13.9. The zero-order chi connectivity index (χ0) is 28.3. The van der Waals surface area contributed by atoms with Crippen LogP contribution in [0.3, 0.4) is 0 Å². The lowest BCUT2D eigenvalue weighted by atomic mass is 9.94. The number of aryl methyl sites for hydroxylation is 1. The van der Waals surface area contributed by atoms with Crippen molar-refractivity contribution in [2.24, 2.45) is 0 Å². The van der Waals surface area contributed by atoms with Gasteiger partial charge in [0.1, 0.15) is 6.04 Å². The first-order chi connectivity index (χ1) is 19.4. The Hall–Kier alpha value is -3.65. The Morgan fingerprint density at radius 3 is 2.30 bits per heavy atom. The molecule has 3 aromatic carbocycles. The molecule has 0 saturated heterocycles. The molecule has 210 valence electrons. The van der Waals surface area contributed by atoms with E-state index in [-0.39, 0.29) is 29.3 Å². The van der Waals surface area contributed by atoms with Crippen LogP contribution in [0, 0.1) is 17.0 Å². The number of benzene rings is 3. The SMILES string of the molecule is Cc1ccccc1CN(C(=O)CSCc1ccc([N+](=O)[O-])cc1)[C@@H](Cc1ccccc1)C(=O)NC1CCCCC1. The molecule has 7 nitrogen and oxygen atoms in total. The number of nitro groups is 1. The molecule has 40 heavy (non-hydrogen) atoms. The highest BCUT2D eigenvalue weighted by molar-refractivity contribution is 7.99. The lowest BCUT2D eigenvalue weighted by Gasteiger charge is -2.34. The molecule has 1 N–H and O–H groups in total. The molecule has 2 amide bonds. The predicted molar refractivity (Wildman–Crippen MR) is 160 cm³/mol. The van der Waals surface area contributed by atoms with Gasteiger partial charge in [0.2, 0.25) is 11.8 Å². The van der Waals surface area contributed by atoms with Gasteiger partial charge in [0.05, 0.1) is 10.7 Å². The van der Waals surface area contributed by atoms with Crippen LogP contribution in [0.2, 0.25) is 0 Å². The van der Waals surface area contributed by atoms with E-state index in [4.69, 9.17) is 0 Å². The zero-order valence-corrected chi connectivity index (χ0v) is 23.8. The van der Waals surface area contributed by atoms with Gasteiger partial charge in [-0.1, -0.05) is 86.0 Å². The highest BCUT2D eigenvalue weighted by Gasteiger charge is 2.32. The molecule has 1 aliphatic rings. The number of carbonyl (C=O) groups excluding carboxylic acids is 2. The molecule has 1 saturated carbocycles. The van der Waals surface area contributed by atoms with Crippen LogP contribution in [0.5, 0.6) is 0 Å². The fourth-order valence-corrected chi connectivity index (χ4v) is 5.99. The van der Waals surface area contributed by atoms with Gasteiger partial charge in [-0.3, -0.25) is 19.7 Å². The van der Waals surface area contributed by atoms with E-state index in [1.165, 1.54) is 30.3 Å². The average molecular weight is 560 g/mol. The first-order valence-electron chi connectivity index (χ1n) is 13.9. The third kappa shape index (κ3) is 8.42. The van der Waals surface area contributed by atoms with Gasteiger partial charge < -0.3 is 10.2 Å². The molecule has 0 unspecified atom stereocenters. The number of rotatable bonds is 12. The van der Waals surface area contributed by atoms with Crippen LogP contribution in [-0.4, -0.2) is 39.5 Å². The first kappa shape index (κ1) is 29.3. The van der Waals surface area contributed by atoms with Crippen LogP contribution in [0.4, 0.5) is 5.69 Å². The zero-order valence-electron chi connectivity index (χ0n) is 23.0. The summed E-state index contributed by atoms with van der Waals surface area (Å²) in [6.07, 6.45) is 5.80. The molecule has 0 radical (unpaired) electrons. The Kier molecular flexibility index (Phi) is 10.7. The van der Waals surface area contributed by atoms with Crippen LogP contribution in [-0.2, 0) is 28.3 Å². The van der Waals surface area contributed by atoms with E-state index >= 15 is 0 Å². The third-order valence-electron chi connectivity index (χ3n) is 7.47. The smallest absolute Gasteiger partial charge is 0.269 e. The highest BCUT2D eigenvalue weighted by Crippen LogP contribution is 2.22. The molecule has 1 fully saturated rings. The minimum Gasteiger partial charge on any atom is -0.352 e. The van der Waals surface area contributed by atoms with Gasteiger partial charge in [-0.25, -0.2) is 0 Å². The average Bonchev–Trinajstić information content (AvgIpc) is 2.97. The monoisotopic (exact) mass is 559 g/mol. The second-order valence-corrected chi connectivity index (χ2v) is 11.4. The summed E-state index contributed by atoms with van der Waals surface area (Å²) in [6.45, 7) is 2.37. The number of carbonyl (C=O) groups is 2. The largest absolute Gasteiger partial charge is 0.352 e. The fraction of sp³-hybridized carbons (Fsp3) is 0.375. The molecule has 3 aromatic rings. The summed E-state index contributed by atoms with van der Waals surface area (Å²) in [5.74, 6) is 0.540. The van der Waals surface area contributed by atoms with Gasteiger partial charge in [-0.15, -0.1) is 11.8 Å². The Bertz CT molecular complexity index is 1280. The Morgan fingerprint density at radius 2 is 1.62 bits per heavy atom. The number of nitro benzene ring substituents is 1. The van der Waals surface area contributed by atoms with E-state index in [1.54, 1.807) is 17.0 Å². The molecule has 4 rings (SSSR count). The normalized spacial score (nSPS) is 14.3. The molecular formula is C32H37N3O4S. The molecular weight excluding hydrogens is 522 g/mol. The maximum atomic E-state index is 13.9. The van der Waals surface area contributed by atoms with Gasteiger partial charge >= 0.3 is 0 Å². The fourth-order valence-electron chi connectivity index (χ4n) is 5.12. The molecule has 0 spiro atoms. The van der Waals surface area contributed by atoms with E-state index in [0.717, 1.165) is 47.9 Å². The lowest BCUT2D eigenvalue weighted by Crippen LogP contribution is -2.53. The first-order valence-corrected chi connectivity index (χ1v) is 15.1. The van der Waals surface area contributed by atoms with Crippen molar-refractivity contribution in [1.29, 1.82) is 0 Å². The topological polar surface area (TPSA) is 92.6 Å². The minimum atomic E-state index is -0.642. The Balaban J connectivity index is 1.55. The van der Waals surface area contributed by atoms with Crippen molar-refractivity contribution in [3.63, 3.8) is 0 Å². The van der Waals surface area contributed by atoms with E-state index in [2.05, 4.69) is 5.32 Å². The molecule has 0 aliphatic heterocycles. The number of nitrogens with zero attached hydrogens (tertiary/aromatic N) is 2. The second kappa shape index (κ2) is 14.7. The van der Waals surface area contributed by atoms with Crippen molar-refractivity contribution < 1.29 is 14.5 Å². The summed E-state index contributed by atoms with van der Waals surface area (Å²) in [5, 5.41) is 14.2. The van der Waals surface area contributed by atoms with Gasteiger partial charge in [0.25, 0.3) is 5.69 Å². The number of nitrogens with one attached hydrogen (secondary N) is 1. The van der Waals surface area contributed by atoms with Crippen LogP contribution in [0.15, 0.2) is 78.9 Å². The third-order valence-corrected chi connectivity index (χ3v) is 8.45. The van der Waals surface area contributed by atoms with Crippen molar-refractivity contribution in [3.8, 4) is 0 Å². The number of hydrogen-bond acceptors (Lipinski definition) is 5. The molecule has 8 heteroatoms. The Morgan fingerprint density at radius 1 is 0.950 bits per heavy atom. The highest BCUT2D eigenvalue weighted by atomic mass is 32.2. The Labute approximate surface area is 240 Å². The van der Waals surface area contributed by atoms with E-state index in [9.17, 15) is 19.7 Å². The molecule has 0 heterocycles. The lowest BCUT2D eigenvalue weighted by molar-refractivity contribution is -0.384. The van der Waals surface area contributed by atoms with Gasteiger partial charge in [0, 0.05) is 36.9 Å². The summed E-state index contributed by atoms with van der Waals surface area (Å²) in [7, 11) is 0. The minimum absolute atomic E-state index is 0.0435. The molecule has 0 bridgehead atoms. The number of non-ortho nitro benzene ring substituents is 1. The van der Waals surface area contributed by atoms with Gasteiger partial charge in [0.15, 0.2) is 0 Å². The summed E-state index contributed by atoms with van der Waals surface area (Å²) in [6, 6.07) is 23.7. The van der Waals surface area contributed by atoms with Crippen LogP contribution in [0.25, 0.3) is 0 Å². The second-order valence-electron chi connectivity index (χ2n) is 10.4. The molecule has 1 aliphatic carbocycles. The van der Waals surface area contributed by atoms with Crippen LogP contribution < -0.4 is 5.32 Å².